The number of halogens is 2. The van der Waals surface area contributed by atoms with Gasteiger partial charge in [-0.1, -0.05) is 29.3 Å². The summed E-state index contributed by atoms with van der Waals surface area (Å²) in [5.41, 5.74) is 2.34. The fourth-order valence-corrected chi connectivity index (χ4v) is 6.36. The molecule has 1 fully saturated rings. The van der Waals surface area contributed by atoms with Crippen LogP contribution in [0.15, 0.2) is 52.7 Å². The summed E-state index contributed by atoms with van der Waals surface area (Å²) in [6.45, 7) is 3.17. The zero-order valence-electron chi connectivity index (χ0n) is 15.8. The molecule has 1 aliphatic rings. The molecule has 0 bridgehead atoms. The van der Waals surface area contributed by atoms with Crippen LogP contribution in [0.3, 0.4) is 0 Å². The molecule has 0 amide bonds. The quantitative estimate of drug-likeness (QED) is 0.537. The lowest BCUT2D eigenvalue weighted by atomic mass is 10.1. The summed E-state index contributed by atoms with van der Waals surface area (Å²) in [6.07, 6.45) is 1.10. The van der Waals surface area contributed by atoms with Gasteiger partial charge in [-0.3, -0.25) is 0 Å². The van der Waals surface area contributed by atoms with E-state index in [2.05, 4.69) is 9.88 Å². The summed E-state index contributed by atoms with van der Waals surface area (Å²) in [5.74, 6) is -0.399. The fraction of sp³-hybridized carbons (Fsp3) is 0.286. The molecule has 1 aromatic heterocycles. The average Bonchev–Trinajstić information content (AvgIpc) is 3.18. The molecule has 0 spiro atoms. The van der Waals surface area contributed by atoms with Crippen molar-refractivity contribution in [3.05, 3.63) is 64.2 Å². The zero-order valence-corrected chi connectivity index (χ0v) is 18.2. The SMILES string of the molecule is Cc1ccc(S(=O)(=O)C2CCN(c3nc(-c4cc(F)cc(Cl)c4)cs3)CC2)cc1. The van der Waals surface area contributed by atoms with Crippen molar-refractivity contribution in [2.45, 2.75) is 29.9 Å². The predicted octanol–water partition coefficient (Wildman–Crippen LogP) is 5.35. The molecule has 2 heterocycles. The average molecular weight is 451 g/mol. The number of sulfone groups is 1. The molecule has 1 saturated heterocycles. The Morgan fingerprint density at radius 3 is 2.48 bits per heavy atom. The van der Waals surface area contributed by atoms with E-state index in [1.165, 1.54) is 23.5 Å². The van der Waals surface area contributed by atoms with Crippen LogP contribution < -0.4 is 4.90 Å². The van der Waals surface area contributed by atoms with E-state index in [9.17, 15) is 12.8 Å². The molecule has 2 aromatic carbocycles. The van der Waals surface area contributed by atoms with Crippen LogP contribution in [0.4, 0.5) is 9.52 Å². The molecule has 152 valence electrons. The van der Waals surface area contributed by atoms with Crippen LogP contribution in [-0.4, -0.2) is 31.7 Å². The van der Waals surface area contributed by atoms with Crippen molar-refractivity contribution in [1.82, 2.24) is 4.98 Å². The number of hydrogen-bond acceptors (Lipinski definition) is 5. The predicted molar refractivity (Wildman–Crippen MR) is 116 cm³/mol. The third-order valence-corrected chi connectivity index (χ3v) is 8.55. The molecular formula is C21H20ClFN2O2S2. The van der Waals surface area contributed by atoms with Gasteiger partial charge in [-0.25, -0.2) is 17.8 Å². The topological polar surface area (TPSA) is 50.3 Å². The van der Waals surface area contributed by atoms with Gasteiger partial charge in [-0.05, 0) is 50.1 Å². The third kappa shape index (κ3) is 4.32. The van der Waals surface area contributed by atoms with Gasteiger partial charge in [0, 0.05) is 29.1 Å². The van der Waals surface area contributed by atoms with Crippen LogP contribution in [0.25, 0.3) is 11.3 Å². The number of rotatable bonds is 4. The maximum Gasteiger partial charge on any atom is 0.185 e. The van der Waals surface area contributed by atoms with E-state index < -0.39 is 15.7 Å². The highest BCUT2D eigenvalue weighted by Gasteiger charge is 2.32. The summed E-state index contributed by atoms with van der Waals surface area (Å²) >= 11 is 7.41. The van der Waals surface area contributed by atoms with E-state index >= 15 is 0 Å². The summed E-state index contributed by atoms with van der Waals surface area (Å²) in [6, 6.07) is 11.4. The summed E-state index contributed by atoms with van der Waals surface area (Å²) < 4.78 is 39.4. The number of hydrogen-bond donors (Lipinski definition) is 0. The lowest BCUT2D eigenvalue weighted by Crippen LogP contribution is -2.39. The molecule has 0 aliphatic carbocycles. The second kappa shape index (κ2) is 8.05. The highest BCUT2D eigenvalue weighted by Crippen LogP contribution is 2.32. The van der Waals surface area contributed by atoms with E-state index in [1.807, 2.05) is 24.4 Å². The first kappa shape index (κ1) is 20.3. The minimum Gasteiger partial charge on any atom is -0.348 e. The van der Waals surface area contributed by atoms with Gasteiger partial charge in [0.05, 0.1) is 15.8 Å². The summed E-state index contributed by atoms with van der Waals surface area (Å²) in [4.78, 5) is 7.09. The Morgan fingerprint density at radius 2 is 1.83 bits per heavy atom. The number of nitrogens with zero attached hydrogens (tertiary/aromatic N) is 2. The van der Waals surface area contributed by atoms with Crippen LogP contribution in [0, 0.1) is 12.7 Å². The summed E-state index contributed by atoms with van der Waals surface area (Å²) in [5, 5.41) is 2.63. The normalized spacial score (nSPS) is 15.6. The highest BCUT2D eigenvalue weighted by molar-refractivity contribution is 7.92. The van der Waals surface area contributed by atoms with Crippen LogP contribution >= 0.6 is 22.9 Å². The van der Waals surface area contributed by atoms with Crippen molar-refractivity contribution in [3.8, 4) is 11.3 Å². The molecule has 0 saturated carbocycles. The van der Waals surface area contributed by atoms with E-state index in [4.69, 9.17) is 11.6 Å². The van der Waals surface area contributed by atoms with Crippen LogP contribution in [0.1, 0.15) is 18.4 Å². The Morgan fingerprint density at radius 1 is 1.14 bits per heavy atom. The second-order valence-electron chi connectivity index (χ2n) is 7.22. The van der Waals surface area contributed by atoms with Crippen molar-refractivity contribution in [2.75, 3.05) is 18.0 Å². The first-order chi connectivity index (χ1) is 13.8. The first-order valence-electron chi connectivity index (χ1n) is 9.30. The van der Waals surface area contributed by atoms with Gasteiger partial charge in [0.1, 0.15) is 5.82 Å². The lowest BCUT2D eigenvalue weighted by Gasteiger charge is -2.31. The Hall–Kier alpha value is -1.96. The minimum atomic E-state index is -3.33. The van der Waals surface area contributed by atoms with E-state index in [1.54, 1.807) is 18.2 Å². The van der Waals surface area contributed by atoms with Crippen molar-refractivity contribution >= 4 is 37.9 Å². The molecule has 29 heavy (non-hydrogen) atoms. The molecule has 0 unspecified atom stereocenters. The Bertz CT molecular complexity index is 1100. The Labute approximate surface area is 178 Å². The largest absolute Gasteiger partial charge is 0.348 e. The smallest absolute Gasteiger partial charge is 0.185 e. The number of thiazole rings is 1. The second-order valence-corrected chi connectivity index (χ2v) is 10.7. The van der Waals surface area contributed by atoms with Crippen LogP contribution in [0.2, 0.25) is 5.02 Å². The van der Waals surface area contributed by atoms with Crippen molar-refractivity contribution < 1.29 is 12.8 Å². The van der Waals surface area contributed by atoms with Crippen molar-refractivity contribution in [1.29, 1.82) is 0 Å². The van der Waals surface area contributed by atoms with Gasteiger partial charge in [0.2, 0.25) is 0 Å². The maximum absolute atomic E-state index is 13.6. The van der Waals surface area contributed by atoms with E-state index in [-0.39, 0.29) is 5.25 Å². The van der Waals surface area contributed by atoms with Gasteiger partial charge in [-0.2, -0.15) is 0 Å². The van der Waals surface area contributed by atoms with Gasteiger partial charge < -0.3 is 4.90 Å². The van der Waals surface area contributed by atoms with Gasteiger partial charge in [0.25, 0.3) is 0 Å². The third-order valence-electron chi connectivity index (χ3n) is 5.15. The molecule has 0 atom stereocenters. The number of aryl methyl sites for hydroxylation is 1. The Balaban J connectivity index is 1.46. The van der Waals surface area contributed by atoms with Gasteiger partial charge >= 0.3 is 0 Å². The number of aromatic nitrogens is 1. The molecule has 4 nitrogen and oxygen atoms in total. The standard InChI is InChI=1S/C21H20ClFN2O2S2/c1-14-2-4-18(5-3-14)29(26,27)19-6-8-25(9-7-19)21-24-20(13-28-21)15-10-16(22)12-17(23)11-15/h2-5,10-13,19H,6-9H2,1H3. The lowest BCUT2D eigenvalue weighted by molar-refractivity contribution is 0.529. The number of anilines is 1. The van der Waals surface area contributed by atoms with E-state index in [0.717, 1.165) is 10.7 Å². The Kier molecular flexibility index (Phi) is 5.64. The monoisotopic (exact) mass is 450 g/mol. The van der Waals surface area contributed by atoms with Gasteiger partial charge in [0.15, 0.2) is 15.0 Å². The molecule has 8 heteroatoms. The van der Waals surface area contributed by atoms with E-state index in [0.29, 0.717) is 47.1 Å². The van der Waals surface area contributed by atoms with Crippen molar-refractivity contribution in [2.24, 2.45) is 0 Å². The minimum absolute atomic E-state index is 0.330. The zero-order chi connectivity index (χ0) is 20.6. The van der Waals surface area contributed by atoms with Crippen LogP contribution in [0.5, 0.6) is 0 Å². The molecular weight excluding hydrogens is 431 g/mol. The first-order valence-corrected chi connectivity index (χ1v) is 12.1. The maximum atomic E-state index is 13.6. The summed E-state index contributed by atoms with van der Waals surface area (Å²) in [7, 11) is -3.33. The van der Waals surface area contributed by atoms with Crippen molar-refractivity contribution in [3.63, 3.8) is 0 Å². The molecule has 0 N–H and O–H groups in total. The highest BCUT2D eigenvalue weighted by atomic mass is 35.5. The number of benzene rings is 2. The molecule has 3 aromatic rings. The van der Waals surface area contributed by atoms with Gasteiger partial charge in [-0.15, -0.1) is 11.3 Å². The molecule has 0 radical (unpaired) electrons. The fourth-order valence-electron chi connectivity index (χ4n) is 3.52. The number of piperidine rings is 1. The molecule has 4 rings (SSSR count). The van der Waals surface area contributed by atoms with Crippen LogP contribution in [-0.2, 0) is 9.84 Å². The molecule has 1 aliphatic heterocycles.